The van der Waals surface area contributed by atoms with Crippen LogP contribution in [0.1, 0.15) is 17.7 Å². The fourth-order valence-electron chi connectivity index (χ4n) is 1.99. The van der Waals surface area contributed by atoms with Crippen molar-refractivity contribution in [3.63, 3.8) is 0 Å². The first kappa shape index (κ1) is 11.5. The Kier molecular flexibility index (Phi) is 2.87. The van der Waals surface area contributed by atoms with E-state index >= 15 is 0 Å². The van der Waals surface area contributed by atoms with E-state index in [4.69, 9.17) is 11.6 Å². The molecule has 2 aromatic rings. The number of rotatable bonds is 4. The number of nitrogens with one attached hydrogen (secondary N) is 1. The predicted molar refractivity (Wildman–Crippen MR) is 72.7 cm³/mol. The molecule has 0 aliphatic heterocycles. The number of aliphatic hydroxyl groups is 1. The normalized spacial score (nSPS) is 17.5. The van der Waals surface area contributed by atoms with Crippen molar-refractivity contribution in [1.29, 1.82) is 0 Å². The van der Waals surface area contributed by atoms with Gasteiger partial charge in [-0.1, -0.05) is 29.8 Å². The minimum Gasteiger partial charge on any atom is -0.394 e. The fraction of sp³-hybridized carbons (Fsp3) is 0.385. The summed E-state index contributed by atoms with van der Waals surface area (Å²) in [6, 6.07) is 8.18. The fourth-order valence-corrected chi connectivity index (χ4v) is 3.43. The van der Waals surface area contributed by atoms with Crippen molar-refractivity contribution >= 4 is 33.0 Å². The zero-order chi connectivity index (χ0) is 11.9. The lowest BCUT2D eigenvalue weighted by molar-refractivity contribution is 0.230. The van der Waals surface area contributed by atoms with Gasteiger partial charge in [-0.25, -0.2) is 0 Å². The molecule has 0 unspecified atom stereocenters. The quantitative estimate of drug-likeness (QED) is 0.892. The molecule has 2 N–H and O–H groups in total. The van der Waals surface area contributed by atoms with Gasteiger partial charge in [0.15, 0.2) is 0 Å². The van der Waals surface area contributed by atoms with Crippen molar-refractivity contribution < 1.29 is 5.11 Å². The summed E-state index contributed by atoms with van der Waals surface area (Å²) in [5.74, 6) is 0. The van der Waals surface area contributed by atoms with E-state index in [1.165, 1.54) is 4.70 Å². The second-order valence-corrected chi connectivity index (χ2v) is 6.14. The summed E-state index contributed by atoms with van der Waals surface area (Å²) in [6.07, 6.45) is 2.12. The lowest BCUT2D eigenvalue weighted by Crippen LogP contribution is -2.33. The van der Waals surface area contributed by atoms with E-state index < -0.39 is 0 Å². The Balaban J connectivity index is 1.83. The summed E-state index contributed by atoms with van der Waals surface area (Å²) < 4.78 is 1.23. The van der Waals surface area contributed by atoms with Gasteiger partial charge in [-0.15, -0.1) is 11.3 Å². The number of thiophene rings is 1. The first-order valence-corrected chi connectivity index (χ1v) is 6.95. The summed E-state index contributed by atoms with van der Waals surface area (Å²) in [4.78, 5) is 1.16. The summed E-state index contributed by atoms with van der Waals surface area (Å²) in [5, 5.41) is 14.6. The summed E-state index contributed by atoms with van der Waals surface area (Å²) in [5.41, 5.74) is -0.0283. The van der Waals surface area contributed by atoms with E-state index in [-0.39, 0.29) is 12.1 Å². The topological polar surface area (TPSA) is 32.3 Å². The van der Waals surface area contributed by atoms with Crippen molar-refractivity contribution in [2.45, 2.75) is 24.9 Å². The molecule has 1 aliphatic rings. The van der Waals surface area contributed by atoms with Crippen molar-refractivity contribution in [2.24, 2.45) is 0 Å². The van der Waals surface area contributed by atoms with Gasteiger partial charge in [-0.3, -0.25) is 0 Å². The van der Waals surface area contributed by atoms with Gasteiger partial charge in [0.2, 0.25) is 0 Å². The Hall–Kier alpha value is -0.610. The van der Waals surface area contributed by atoms with E-state index in [2.05, 4.69) is 17.4 Å². The van der Waals surface area contributed by atoms with Crippen LogP contribution in [0, 0.1) is 0 Å². The molecule has 1 saturated carbocycles. The minimum absolute atomic E-state index is 0.0283. The minimum atomic E-state index is -0.0283. The van der Waals surface area contributed by atoms with E-state index in [1.54, 1.807) is 11.3 Å². The molecule has 1 aliphatic carbocycles. The third kappa shape index (κ3) is 2.08. The van der Waals surface area contributed by atoms with Gasteiger partial charge in [0.25, 0.3) is 0 Å². The molecule has 0 radical (unpaired) electrons. The van der Waals surface area contributed by atoms with Gasteiger partial charge >= 0.3 is 0 Å². The van der Waals surface area contributed by atoms with Crippen LogP contribution in [0.2, 0.25) is 5.02 Å². The molecule has 1 aromatic carbocycles. The Labute approximate surface area is 109 Å². The van der Waals surface area contributed by atoms with Gasteiger partial charge in [0, 0.05) is 27.0 Å². The van der Waals surface area contributed by atoms with Crippen molar-refractivity contribution in [3.05, 3.63) is 34.2 Å². The number of hydrogen-bond acceptors (Lipinski definition) is 3. The first-order chi connectivity index (χ1) is 8.24. The smallest absolute Gasteiger partial charge is 0.0636 e. The Bertz CT molecular complexity index is 547. The van der Waals surface area contributed by atoms with Gasteiger partial charge in [-0.05, 0) is 18.9 Å². The molecule has 0 amide bonds. The third-order valence-electron chi connectivity index (χ3n) is 3.38. The summed E-state index contributed by atoms with van der Waals surface area (Å²) in [7, 11) is 0. The van der Waals surface area contributed by atoms with Crippen LogP contribution in [0.4, 0.5) is 0 Å². The van der Waals surface area contributed by atoms with Crippen LogP contribution in [0.15, 0.2) is 24.3 Å². The number of benzene rings is 1. The maximum Gasteiger partial charge on any atom is 0.0636 e. The molecule has 1 fully saturated rings. The molecular formula is C13H14ClNOS. The monoisotopic (exact) mass is 267 g/mol. The first-order valence-electron chi connectivity index (χ1n) is 5.76. The van der Waals surface area contributed by atoms with E-state index in [0.29, 0.717) is 0 Å². The lowest BCUT2D eigenvalue weighted by Gasteiger charge is -2.13. The highest BCUT2D eigenvalue weighted by Crippen LogP contribution is 2.38. The van der Waals surface area contributed by atoms with Crippen LogP contribution < -0.4 is 5.32 Å². The lowest BCUT2D eigenvalue weighted by atomic mass is 10.2. The van der Waals surface area contributed by atoms with Crippen LogP contribution in [0.25, 0.3) is 10.1 Å². The second kappa shape index (κ2) is 4.25. The Morgan fingerprint density at radius 2 is 2.12 bits per heavy atom. The van der Waals surface area contributed by atoms with Gasteiger partial charge in [0.05, 0.1) is 11.6 Å². The number of aliphatic hydroxyl groups excluding tert-OH is 1. The van der Waals surface area contributed by atoms with E-state index in [0.717, 1.165) is 34.7 Å². The van der Waals surface area contributed by atoms with E-state index in [9.17, 15) is 5.11 Å². The van der Waals surface area contributed by atoms with Gasteiger partial charge in [-0.2, -0.15) is 0 Å². The van der Waals surface area contributed by atoms with Crippen LogP contribution in [0.5, 0.6) is 0 Å². The highest BCUT2D eigenvalue weighted by molar-refractivity contribution is 7.19. The molecule has 0 bridgehead atoms. The molecule has 4 heteroatoms. The van der Waals surface area contributed by atoms with Crippen LogP contribution >= 0.6 is 22.9 Å². The van der Waals surface area contributed by atoms with Crippen molar-refractivity contribution in [3.8, 4) is 0 Å². The number of halogens is 1. The average Bonchev–Trinajstić information content (AvgIpc) is 3.08. The maximum atomic E-state index is 9.25. The molecule has 90 valence electrons. The van der Waals surface area contributed by atoms with Crippen molar-refractivity contribution in [1.82, 2.24) is 5.32 Å². The molecule has 17 heavy (non-hydrogen) atoms. The van der Waals surface area contributed by atoms with Crippen molar-refractivity contribution in [2.75, 3.05) is 6.61 Å². The van der Waals surface area contributed by atoms with Gasteiger partial charge < -0.3 is 10.4 Å². The SMILES string of the molecule is OCC1(NCc2sc3ccccc3c2Cl)CC1. The average molecular weight is 268 g/mol. The van der Waals surface area contributed by atoms with E-state index in [1.807, 2.05) is 12.1 Å². The molecule has 0 atom stereocenters. The zero-order valence-electron chi connectivity index (χ0n) is 9.37. The largest absolute Gasteiger partial charge is 0.394 e. The number of hydrogen-bond donors (Lipinski definition) is 2. The molecule has 2 nitrogen and oxygen atoms in total. The Morgan fingerprint density at radius 1 is 1.35 bits per heavy atom. The maximum absolute atomic E-state index is 9.25. The standard InChI is InChI=1S/C13H14ClNOS/c14-12-9-3-1-2-4-10(9)17-11(12)7-15-13(8-16)5-6-13/h1-4,15-16H,5-8H2. The molecule has 0 spiro atoms. The molecule has 3 rings (SSSR count). The predicted octanol–water partition coefficient (Wildman–Crippen LogP) is 3.17. The molecular weight excluding hydrogens is 254 g/mol. The second-order valence-electron chi connectivity index (χ2n) is 4.63. The van der Waals surface area contributed by atoms with Crippen LogP contribution in [0.3, 0.4) is 0 Å². The highest BCUT2D eigenvalue weighted by atomic mass is 35.5. The summed E-state index contributed by atoms with van der Waals surface area (Å²) >= 11 is 8.08. The Morgan fingerprint density at radius 3 is 2.76 bits per heavy atom. The highest BCUT2D eigenvalue weighted by Gasteiger charge is 2.41. The molecule has 1 heterocycles. The molecule has 0 saturated heterocycles. The van der Waals surface area contributed by atoms with Crippen LogP contribution in [-0.2, 0) is 6.54 Å². The summed E-state index contributed by atoms with van der Waals surface area (Å²) in [6.45, 7) is 0.967. The van der Waals surface area contributed by atoms with Gasteiger partial charge in [0.1, 0.15) is 0 Å². The number of fused-ring (bicyclic) bond motifs is 1. The zero-order valence-corrected chi connectivity index (χ0v) is 10.9. The third-order valence-corrected chi connectivity index (χ3v) is 5.10. The molecule has 1 aromatic heterocycles. The van der Waals surface area contributed by atoms with Crippen LogP contribution in [-0.4, -0.2) is 17.3 Å².